The highest BCUT2D eigenvalue weighted by atomic mass is 16.5. The summed E-state index contributed by atoms with van der Waals surface area (Å²) in [5.74, 6) is 1.28. The van der Waals surface area contributed by atoms with Gasteiger partial charge in [-0.15, -0.1) is 0 Å². The van der Waals surface area contributed by atoms with Gasteiger partial charge in [-0.25, -0.2) is 9.97 Å². The number of carbonyl (C=O) groups is 1. The molecule has 0 saturated carbocycles. The zero-order chi connectivity index (χ0) is 24.9. The molecule has 0 atom stereocenters. The molecule has 0 spiro atoms. The molecule has 2 heterocycles. The topological polar surface area (TPSA) is 126 Å². The van der Waals surface area contributed by atoms with Gasteiger partial charge in [-0.05, 0) is 30.7 Å². The molecular formula is C25H28N6O4. The molecule has 1 amide bonds. The van der Waals surface area contributed by atoms with E-state index in [0.717, 1.165) is 12.8 Å². The maximum Gasteiger partial charge on any atom is 0.257 e. The Balaban J connectivity index is 1.85. The Labute approximate surface area is 202 Å². The van der Waals surface area contributed by atoms with Gasteiger partial charge in [-0.1, -0.05) is 25.5 Å². The van der Waals surface area contributed by atoms with Gasteiger partial charge in [0.2, 0.25) is 5.75 Å². The van der Waals surface area contributed by atoms with Gasteiger partial charge in [0.15, 0.2) is 17.1 Å². The van der Waals surface area contributed by atoms with Crippen LogP contribution in [0.15, 0.2) is 41.5 Å². The Morgan fingerprint density at radius 3 is 2.34 bits per heavy atom. The van der Waals surface area contributed by atoms with Crippen LogP contribution in [0.1, 0.15) is 35.7 Å². The van der Waals surface area contributed by atoms with Crippen molar-refractivity contribution in [1.82, 2.24) is 20.0 Å². The first-order valence-electron chi connectivity index (χ1n) is 11.2. The second-order valence-electron chi connectivity index (χ2n) is 7.77. The maximum absolute atomic E-state index is 13.0. The lowest BCUT2D eigenvalue weighted by Crippen LogP contribution is -2.25. The van der Waals surface area contributed by atoms with E-state index in [1.807, 2.05) is 24.3 Å². The van der Waals surface area contributed by atoms with E-state index in [1.165, 1.54) is 11.8 Å². The van der Waals surface area contributed by atoms with Crippen LogP contribution >= 0.6 is 0 Å². The van der Waals surface area contributed by atoms with E-state index in [0.29, 0.717) is 51.6 Å². The van der Waals surface area contributed by atoms with Gasteiger partial charge in [0.05, 0.1) is 38.6 Å². The summed E-state index contributed by atoms with van der Waals surface area (Å²) in [6.07, 6.45) is 3.40. The Hall–Kier alpha value is -4.34. The molecule has 10 nitrogen and oxygen atoms in total. The number of hydrogen-bond donors (Lipinski definition) is 2. The number of hydrogen-bond acceptors (Lipinski definition) is 8. The second kappa shape index (κ2) is 10.3. The number of ether oxygens (including phenoxy) is 3. The van der Waals surface area contributed by atoms with E-state index in [2.05, 4.69) is 22.3 Å². The van der Waals surface area contributed by atoms with Gasteiger partial charge in [-0.3, -0.25) is 4.79 Å². The predicted molar refractivity (Wildman–Crippen MR) is 136 cm³/mol. The van der Waals surface area contributed by atoms with Crippen molar-refractivity contribution in [2.75, 3.05) is 33.6 Å². The average Bonchev–Trinajstić information content (AvgIpc) is 3.15. The molecule has 2 aromatic heterocycles. The molecule has 0 fully saturated rings. The number of benzene rings is 2. The lowest BCUT2D eigenvalue weighted by Gasteiger charge is -2.12. The quantitative estimate of drug-likeness (QED) is 0.279. The number of nitrogen functional groups attached to an aromatic ring is 1. The number of methoxy groups -OCH3 is 3. The smallest absolute Gasteiger partial charge is 0.257 e. The van der Waals surface area contributed by atoms with E-state index in [9.17, 15) is 4.79 Å². The van der Waals surface area contributed by atoms with E-state index in [4.69, 9.17) is 24.9 Å². The number of carbonyl (C=O) groups excluding carboxylic acids is 1. The highest BCUT2D eigenvalue weighted by Gasteiger charge is 2.24. The Bertz CT molecular complexity index is 1390. The number of rotatable bonds is 9. The zero-order valence-corrected chi connectivity index (χ0v) is 20.2. The molecular weight excluding hydrogens is 448 g/mol. The van der Waals surface area contributed by atoms with Crippen molar-refractivity contribution in [1.29, 1.82) is 0 Å². The van der Waals surface area contributed by atoms with Crippen LogP contribution in [0.3, 0.4) is 0 Å². The van der Waals surface area contributed by atoms with Crippen molar-refractivity contribution >= 4 is 40.1 Å². The lowest BCUT2D eigenvalue weighted by molar-refractivity contribution is 0.0955. The molecule has 0 aliphatic carbocycles. The highest BCUT2D eigenvalue weighted by molar-refractivity contribution is 6.10. The monoisotopic (exact) mass is 476 g/mol. The van der Waals surface area contributed by atoms with Crippen LogP contribution in [0, 0.1) is 0 Å². The van der Waals surface area contributed by atoms with Crippen LogP contribution < -0.4 is 25.3 Å². The number of nitrogens with zero attached hydrogens (tertiary/aromatic N) is 4. The third kappa shape index (κ3) is 4.54. The van der Waals surface area contributed by atoms with Crippen LogP contribution in [-0.4, -0.2) is 54.6 Å². The number of nitrogens with one attached hydrogen (secondary N) is 1. The Kier molecular flexibility index (Phi) is 7.00. The molecule has 3 N–H and O–H groups in total. The number of aromatic nitrogens is 3. The number of unbranched alkanes of at least 4 members (excludes halogenated alkanes) is 1. The van der Waals surface area contributed by atoms with Crippen LogP contribution in [0.4, 0.5) is 5.82 Å². The molecule has 0 unspecified atom stereocenters. The predicted octanol–water partition coefficient (Wildman–Crippen LogP) is 3.60. The van der Waals surface area contributed by atoms with Gasteiger partial charge < -0.3 is 25.3 Å². The molecule has 0 aliphatic rings. The van der Waals surface area contributed by atoms with Crippen molar-refractivity contribution in [3.8, 4) is 17.2 Å². The zero-order valence-electron chi connectivity index (χ0n) is 20.2. The van der Waals surface area contributed by atoms with Gasteiger partial charge in [0.1, 0.15) is 16.9 Å². The molecule has 4 aromatic rings. The maximum atomic E-state index is 13.0. The number of fused-ring (bicyclic) bond motifs is 2. The molecule has 182 valence electrons. The summed E-state index contributed by atoms with van der Waals surface area (Å²) in [7, 11) is 4.62. The molecule has 0 aliphatic heterocycles. The largest absolute Gasteiger partial charge is 0.493 e. The van der Waals surface area contributed by atoms with Crippen molar-refractivity contribution in [3.63, 3.8) is 0 Å². The minimum absolute atomic E-state index is 0.146. The highest BCUT2D eigenvalue weighted by Crippen LogP contribution is 2.38. The van der Waals surface area contributed by atoms with Crippen LogP contribution in [-0.2, 0) is 0 Å². The summed E-state index contributed by atoms with van der Waals surface area (Å²) in [6.45, 7) is 2.60. The second-order valence-corrected chi connectivity index (χ2v) is 7.77. The number of nitrogens with two attached hydrogens (primary N) is 1. The van der Waals surface area contributed by atoms with E-state index in [1.54, 1.807) is 32.6 Å². The van der Waals surface area contributed by atoms with Crippen molar-refractivity contribution < 1.29 is 19.0 Å². The molecule has 4 rings (SSSR count). The molecule has 2 aromatic carbocycles. The minimum atomic E-state index is -0.313. The normalized spacial score (nSPS) is 11.3. The van der Waals surface area contributed by atoms with E-state index < -0.39 is 0 Å². The van der Waals surface area contributed by atoms with Gasteiger partial charge in [-0.2, -0.15) is 9.78 Å². The Morgan fingerprint density at radius 2 is 1.74 bits per heavy atom. The van der Waals surface area contributed by atoms with Crippen molar-refractivity contribution in [2.45, 2.75) is 19.8 Å². The van der Waals surface area contributed by atoms with Crippen LogP contribution in [0.25, 0.3) is 22.2 Å². The standard InChI is InChI=1S/C25H28N6O4/c1-5-6-11-27-25(32)20-21-24(30-17-10-8-7-9-16(17)29-21)31(23(20)26)28-14-15-12-18(33-2)22(35-4)19(13-15)34-3/h7-10,12-14H,5-6,11,26H2,1-4H3,(H,27,32)/b28-14+. The summed E-state index contributed by atoms with van der Waals surface area (Å²) >= 11 is 0. The average molecular weight is 477 g/mol. The fraction of sp³-hybridized carbons (Fsp3) is 0.280. The third-order valence-electron chi connectivity index (χ3n) is 5.53. The molecule has 10 heteroatoms. The number of anilines is 1. The van der Waals surface area contributed by atoms with E-state index in [-0.39, 0.29) is 17.3 Å². The third-order valence-corrected chi connectivity index (χ3v) is 5.53. The first-order valence-corrected chi connectivity index (χ1v) is 11.2. The van der Waals surface area contributed by atoms with Crippen molar-refractivity contribution in [3.05, 3.63) is 47.5 Å². The molecule has 0 saturated heterocycles. The van der Waals surface area contributed by atoms with Gasteiger partial charge in [0.25, 0.3) is 5.91 Å². The molecule has 0 bridgehead atoms. The van der Waals surface area contributed by atoms with Crippen molar-refractivity contribution in [2.24, 2.45) is 5.10 Å². The fourth-order valence-corrected chi connectivity index (χ4v) is 3.76. The minimum Gasteiger partial charge on any atom is -0.493 e. The SMILES string of the molecule is CCCCNC(=O)c1c(N)n(/N=C/c2cc(OC)c(OC)c(OC)c2)c2nc3ccccc3nc12. The van der Waals surface area contributed by atoms with Crippen LogP contribution in [0.5, 0.6) is 17.2 Å². The van der Waals surface area contributed by atoms with E-state index >= 15 is 0 Å². The molecule has 35 heavy (non-hydrogen) atoms. The van der Waals surface area contributed by atoms with Crippen LogP contribution in [0.2, 0.25) is 0 Å². The summed E-state index contributed by atoms with van der Waals surface area (Å²) in [6, 6.07) is 10.9. The first-order chi connectivity index (χ1) is 17.0. The summed E-state index contributed by atoms with van der Waals surface area (Å²) in [5, 5.41) is 7.46. The molecule has 0 radical (unpaired) electrons. The lowest BCUT2D eigenvalue weighted by atomic mass is 10.2. The summed E-state index contributed by atoms with van der Waals surface area (Å²) in [4.78, 5) is 22.4. The fourth-order valence-electron chi connectivity index (χ4n) is 3.76. The summed E-state index contributed by atoms with van der Waals surface area (Å²) < 4.78 is 17.6. The van der Waals surface area contributed by atoms with Gasteiger partial charge in [0, 0.05) is 12.1 Å². The first kappa shape index (κ1) is 23.8. The summed E-state index contributed by atoms with van der Waals surface area (Å²) in [5.41, 5.74) is 9.45. The van der Waals surface area contributed by atoms with Gasteiger partial charge >= 0.3 is 0 Å². The number of para-hydroxylation sites is 2. The number of amides is 1. The Morgan fingerprint density at radius 1 is 1.09 bits per heavy atom.